The van der Waals surface area contributed by atoms with E-state index in [1.807, 2.05) is 42.5 Å². The molecule has 8 heteroatoms. The van der Waals surface area contributed by atoms with Gasteiger partial charge in [-0.1, -0.05) is 23.8 Å². The van der Waals surface area contributed by atoms with Gasteiger partial charge in [0.1, 0.15) is 16.6 Å². The number of rotatable bonds is 5. The highest BCUT2D eigenvalue weighted by Gasteiger charge is 2.07. The monoisotopic (exact) mass is 387 g/mol. The van der Waals surface area contributed by atoms with E-state index in [2.05, 4.69) is 20.3 Å². The van der Waals surface area contributed by atoms with Crippen LogP contribution in [0.15, 0.2) is 42.7 Å². The number of anilines is 3. The normalized spacial score (nSPS) is 10.9. The predicted octanol–water partition coefficient (Wildman–Crippen LogP) is 4.68. The van der Waals surface area contributed by atoms with Gasteiger partial charge in [-0.25, -0.2) is 9.97 Å². The van der Waals surface area contributed by atoms with Crippen molar-refractivity contribution in [2.45, 2.75) is 0 Å². The van der Waals surface area contributed by atoms with E-state index in [-0.39, 0.29) is 5.28 Å². The summed E-state index contributed by atoms with van der Waals surface area (Å²) in [5.41, 5.74) is 8.30. The lowest BCUT2D eigenvalue weighted by atomic mass is 10.1. The van der Waals surface area contributed by atoms with Gasteiger partial charge in [-0.05, 0) is 41.9 Å². The molecule has 0 atom stereocenters. The summed E-state index contributed by atoms with van der Waals surface area (Å²) in [6.07, 6.45) is 6.85. The zero-order valence-electron chi connectivity index (χ0n) is 13.8. The molecule has 26 heavy (non-hydrogen) atoms. The Kier molecular flexibility index (Phi) is 5.55. The second-order valence-electron chi connectivity index (χ2n) is 5.23. The highest BCUT2D eigenvalue weighted by atomic mass is 35.5. The van der Waals surface area contributed by atoms with E-state index >= 15 is 0 Å². The maximum Gasteiger partial charge on any atom is 0.224 e. The fourth-order valence-corrected chi connectivity index (χ4v) is 2.53. The van der Waals surface area contributed by atoms with E-state index in [0.29, 0.717) is 22.4 Å². The molecule has 3 N–H and O–H groups in total. The number of methoxy groups -OCH3 is 1. The van der Waals surface area contributed by atoms with Crippen LogP contribution >= 0.6 is 23.2 Å². The quantitative estimate of drug-likeness (QED) is 0.617. The average molecular weight is 388 g/mol. The number of benzene rings is 1. The molecule has 2 heterocycles. The topological polar surface area (TPSA) is 86.0 Å². The number of ether oxygens (including phenoxy) is 1. The number of nitrogens with one attached hydrogen (secondary N) is 1. The second-order valence-corrected chi connectivity index (χ2v) is 5.97. The second kappa shape index (κ2) is 8.03. The number of hydrogen-bond acceptors (Lipinski definition) is 6. The Morgan fingerprint density at radius 2 is 1.92 bits per heavy atom. The van der Waals surface area contributed by atoms with Crippen LogP contribution in [0.2, 0.25) is 10.3 Å². The van der Waals surface area contributed by atoms with Gasteiger partial charge in [0.15, 0.2) is 5.82 Å². The van der Waals surface area contributed by atoms with Gasteiger partial charge >= 0.3 is 0 Å². The lowest BCUT2D eigenvalue weighted by Crippen LogP contribution is -1.97. The molecule has 0 amide bonds. The van der Waals surface area contributed by atoms with Gasteiger partial charge < -0.3 is 15.8 Å². The van der Waals surface area contributed by atoms with E-state index < -0.39 is 0 Å². The van der Waals surface area contributed by atoms with Crippen molar-refractivity contribution in [3.05, 3.63) is 64.2 Å². The fraction of sp³-hybridized carbons (Fsp3) is 0.0556. The van der Waals surface area contributed by atoms with E-state index in [1.54, 1.807) is 13.3 Å². The molecule has 6 nitrogen and oxygen atoms in total. The van der Waals surface area contributed by atoms with Gasteiger partial charge in [-0.2, -0.15) is 4.98 Å². The molecule has 0 unspecified atom stereocenters. The molecule has 0 spiro atoms. The van der Waals surface area contributed by atoms with Gasteiger partial charge in [0, 0.05) is 23.0 Å². The van der Waals surface area contributed by atoms with Crippen LogP contribution in [0.1, 0.15) is 11.1 Å². The predicted molar refractivity (Wildman–Crippen MR) is 106 cm³/mol. The zero-order chi connectivity index (χ0) is 18.5. The maximum absolute atomic E-state index is 6.10. The lowest BCUT2D eigenvalue weighted by Gasteiger charge is -2.11. The summed E-state index contributed by atoms with van der Waals surface area (Å²) in [5.74, 6) is 1.59. The standard InChI is InChI=1S/C18H15Cl2N5O/c1-26-15-7-6-13(24-17-14(19)10-23-18(20)25-17)9-12(15)5-4-11-3-2-8-22-16(11)21/h2-10H,1H3,(H2,21,22)(H,23,24,25). The third-order valence-electron chi connectivity index (χ3n) is 3.52. The summed E-state index contributed by atoms with van der Waals surface area (Å²) in [7, 11) is 1.61. The molecule has 2 aromatic heterocycles. The molecule has 0 fully saturated rings. The molecular weight excluding hydrogens is 373 g/mol. The Bertz CT molecular complexity index is 962. The van der Waals surface area contributed by atoms with Crippen molar-refractivity contribution < 1.29 is 4.74 Å². The fourth-order valence-electron chi connectivity index (χ4n) is 2.26. The zero-order valence-corrected chi connectivity index (χ0v) is 15.3. The molecule has 0 radical (unpaired) electrons. The highest BCUT2D eigenvalue weighted by Crippen LogP contribution is 2.29. The number of nitrogens with zero attached hydrogens (tertiary/aromatic N) is 3. The van der Waals surface area contributed by atoms with Crippen LogP contribution in [-0.2, 0) is 0 Å². The molecule has 3 rings (SSSR count). The van der Waals surface area contributed by atoms with Gasteiger partial charge in [0.2, 0.25) is 5.28 Å². The summed E-state index contributed by atoms with van der Waals surface area (Å²) >= 11 is 11.9. The molecule has 132 valence electrons. The molecule has 0 bridgehead atoms. The summed E-state index contributed by atoms with van der Waals surface area (Å²) in [4.78, 5) is 12.0. The first-order valence-electron chi connectivity index (χ1n) is 7.58. The molecule has 3 aromatic rings. The first-order valence-corrected chi connectivity index (χ1v) is 8.34. The number of aromatic nitrogens is 3. The Morgan fingerprint density at radius 1 is 1.12 bits per heavy atom. The van der Waals surface area contributed by atoms with Crippen molar-refractivity contribution in [2.24, 2.45) is 0 Å². The van der Waals surface area contributed by atoms with Gasteiger partial charge in [0.05, 0.1) is 13.3 Å². The average Bonchev–Trinajstić information content (AvgIpc) is 2.64. The summed E-state index contributed by atoms with van der Waals surface area (Å²) < 4.78 is 5.41. The first-order chi connectivity index (χ1) is 12.6. The third kappa shape index (κ3) is 4.22. The van der Waals surface area contributed by atoms with Crippen LogP contribution < -0.4 is 15.8 Å². The van der Waals surface area contributed by atoms with Gasteiger partial charge in [0.25, 0.3) is 0 Å². The van der Waals surface area contributed by atoms with E-state index in [1.165, 1.54) is 6.20 Å². The lowest BCUT2D eigenvalue weighted by molar-refractivity contribution is 0.414. The third-order valence-corrected chi connectivity index (χ3v) is 3.98. The van der Waals surface area contributed by atoms with E-state index in [4.69, 9.17) is 33.7 Å². The number of nitrogen functional groups attached to an aromatic ring is 1. The Labute approximate surface area is 160 Å². The van der Waals surface area contributed by atoms with Crippen molar-refractivity contribution in [1.82, 2.24) is 15.0 Å². The van der Waals surface area contributed by atoms with Gasteiger partial charge in [-0.15, -0.1) is 0 Å². The number of nitrogens with two attached hydrogens (primary N) is 1. The van der Waals surface area contributed by atoms with Crippen LogP contribution in [0.25, 0.3) is 12.2 Å². The SMILES string of the molecule is COc1ccc(Nc2nc(Cl)ncc2Cl)cc1C=Cc1cccnc1N. The number of hydrogen-bond donors (Lipinski definition) is 2. The van der Waals surface area contributed by atoms with E-state index in [0.717, 1.165) is 16.8 Å². The van der Waals surface area contributed by atoms with Crippen LogP contribution in [0.4, 0.5) is 17.3 Å². The molecule has 0 saturated carbocycles. The minimum atomic E-state index is 0.109. The largest absolute Gasteiger partial charge is 0.496 e. The van der Waals surface area contributed by atoms with Crippen LogP contribution in [0.3, 0.4) is 0 Å². The number of halogens is 2. The smallest absolute Gasteiger partial charge is 0.224 e. The summed E-state index contributed by atoms with van der Waals surface area (Å²) in [5, 5.41) is 3.60. The minimum Gasteiger partial charge on any atom is -0.496 e. The van der Waals surface area contributed by atoms with Crippen molar-refractivity contribution >= 4 is 52.7 Å². The van der Waals surface area contributed by atoms with Crippen molar-refractivity contribution in [3.8, 4) is 5.75 Å². The van der Waals surface area contributed by atoms with E-state index in [9.17, 15) is 0 Å². The van der Waals surface area contributed by atoms with Crippen molar-refractivity contribution in [2.75, 3.05) is 18.2 Å². The molecular formula is C18H15Cl2N5O. The summed E-state index contributed by atoms with van der Waals surface area (Å²) in [6, 6.07) is 9.29. The van der Waals surface area contributed by atoms with Gasteiger partial charge in [-0.3, -0.25) is 0 Å². The molecule has 0 aliphatic carbocycles. The Balaban J connectivity index is 1.91. The minimum absolute atomic E-state index is 0.109. The van der Waals surface area contributed by atoms with Crippen LogP contribution in [0, 0.1) is 0 Å². The molecule has 0 aliphatic heterocycles. The van der Waals surface area contributed by atoms with Crippen LogP contribution in [-0.4, -0.2) is 22.1 Å². The number of pyridine rings is 1. The van der Waals surface area contributed by atoms with Crippen molar-refractivity contribution in [1.29, 1.82) is 0 Å². The maximum atomic E-state index is 6.10. The Hall–Kier alpha value is -2.83. The van der Waals surface area contributed by atoms with Crippen molar-refractivity contribution in [3.63, 3.8) is 0 Å². The summed E-state index contributed by atoms with van der Waals surface area (Å²) in [6.45, 7) is 0. The molecule has 1 aromatic carbocycles. The first kappa shape index (κ1) is 18.0. The Morgan fingerprint density at radius 3 is 2.69 bits per heavy atom. The molecule has 0 saturated heterocycles. The van der Waals surface area contributed by atoms with Crippen LogP contribution in [0.5, 0.6) is 5.75 Å². The molecule has 0 aliphatic rings. The highest BCUT2D eigenvalue weighted by molar-refractivity contribution is 6.33.